The van der Waals surface area contributed by atoms with Crippen molar-refractivity contribution in [1.82, 2.24) is 0 Å². The van der Waals surface area contributed by atoms with Crippen molar-refractivity contribution in [3.8, 4) is 29.4 Å². The maximum absolute atomic E-state index is 14.3. The van der Waals surface area contributed by atoms with Crippen molar-refractivity contribution in [3.05, 3.63) is 112 Å². The van der Waals surface area contributed by atoms with Gasteiger partial charge in [-0.1, -0.05) is 43.1 Å². The molecular weight excluding hydrogens is 452 g/mol. The van der Waals surface area contributed by atoms with Crippen LogP contribution in [-0.4, -0.2) is 6.61 Å². The third-order valence-electron chi connectivity index (χ3n) is 5.23. The van der Waals surface area contributed by atoms with Crippen LogP contribution < -0.4 is 4.74 Å². The van der Waals surface area contributed by atoms with Crippen molar-refractivity contribution in [3.63, 3.8) is 0 Å². The Labute approximate surface area is 201 Å². The summed E-state index contributed by atoms with van der Waals surface area (Å²) in [6.07, 6.45) is 1.72. The van der Waals surface area contributed by atoms with Crippen LogP contribution in [0.15, 0.2) is 66.7 Å². The molecule has 0 radical (unpaired) electrons. The summed E-state index contributed by atoms with van der Waals surface area (Å²) in [5, 5.41) is 1.14. The Morgan fingerprint density at radius 1 is 0.600 bits per heavy atom. The molecule has 0 amide bonds. The van der Waals surface area contributed by atoms with Gasteiger partial charge in [-0.2, -0.15) is 0 Å². The lowest BCUT2D eigenvalue weighted by Crippen LogP contribution is -1.99. The van der Waals surface area contributed by atoms with Gasteiger partial charge < -0.3 is 4.74 Å². The van der Waals surface area contributed by atoms with Crippen LogP contribution in [0.5, 0.6) is 5.75 Å². The van der Waals surface area contributed by atoms with Gasteiger partial charge in [-0.3, -0.25) is 0 Å². The average molecular weight is 472 g/mol. The van der Waals surface area contributed by atoms with E-state index in [4.69, 9.17) is 4.74 Å². The summed E-state index contributed by atoms with van der Waals surface area (Å²) in [5.74, 6) is 8.09. The largest absolute Gasteiger partial charge is 0.493 e. The Morgan fingerprint density at radius 3 is 1.77 bits per heavy atom. The number of ether oxygens (including phenoxy) is 1. The smallest absolute Gasteiger partial charge is 0.159 e. The molecule has 0 unspecified atom stereocenters. The van der Waals surface area contributed by atoms with Crippen molar-refractivity contribution >= 4 is 10.8 Å². The van der Waals surface area contributed by atoms with Crippen LogP contribution in [0.25, 0.3) is 10.8 Å². The summed E-state index contributed by atoms with van der Waals surface area (Å²) >= 11 is 0. The summed E-state index contributed by atoms with van der Waals surface area (Å²) in [5.41, 5.74) is 1.61. The van der Waals surface area contributed by atoms with Crippen LogP contribution in [-0.2, 0) is 0 Å². The highest BCUT2D eigenvalue weighted by atomic mass is 19.2. The predicted octanol–water partition coefficient (Wildman–Crippen LogP) is 7.37. The van der Waals surface area contributed by atoms with Gasteiger partial charge in [0, 0.05) is 28.8 Å². The first kappa shape index (κ1) is 23.9. The van der Waals surface area contributed by atoms with Crippen molar-refractivity contribution in [2.24, 2.45) is 0 Å². The van der Waals surface area contributed by atoms with Crippen LogP contribution in [0, 0.1) is 47.0 Å². The molecule has 0 saturated heterocycles. The minimum Gasteiger partial charge on any atom is -0.493 e. The van der Waals surface area contributed by atoms with Gasteiger partial charge in [0.15, 0.2) is 11.6 Å². The Bertz CT molecular complexity index is 1480. The number of fused-ring (bicyclic) bond motifs is 1. The summed E-state index contributed by atoms with van der Waals surface area (Å²) in [7, 11) is 0. The minimum atomic E-state index is -0.907. The molecule has 4 rings (SSSR count). The minimum absolute atomic E-state index is 0.144. The molecule has 0 aliphatic rings. The van der Waals surface area contributed by atoms with Crippen LogP contribution in [0.2, 0.25) is 0 Å². The normalized spacial score (nSPS) is 10.3. The van der Waals surface area contributed by atoms with Crippen molar-refractivity contribution < 1.29 is 22.3 Å². The van der Waals surface area contributed by atoms with Gasteiger partial charge in [0.2, 0.25) is 0 Å². The van der Waals surface area contributed by atoms with E-state index in [1.807, 2.05) is 6.92 Å². The fourth-order valence-electron chi connectivity index (χ4n) is 3.32. The van der Waals surface area contributed by atoms with E-state index in [2.05, 4.69) is 23.7 Å². The summed E-state index contributed by atoms with van der Waals surface area (Å²) in [6, 6.07) is 16.6. The highest BCUT2D eigenvalue weighted by Gasteiger charge is 2.10. The second-order valence-electron chi connectivity index (χ2n) is 7.87. The van der Waals surface area contributed by atoms with E-state index in [0.717, 1.165) is 37.1 Å². The number of halogens is 4. The van der Waals surface area contributed by atoms with Gasteiger partial charge in [-0.25, -0.2) is 17.6 Å². The van der Waals surface area contributed by atoms with Gasteiger partial charge in [0.25, 0.3) is 0 Å². The second kappa shape index (κ2) is 10.8. The number of hydrogen-bond donors (Lipinski definition) is 0. The van der Waals surface area contributed by atoms with Crippen LogP contribution >= 0.6 is 0 Å². The van der Waals surface area contributed by atoms with E-state index >= 15 is 0 Å². The standard InChI is InChI=1S/C30H20F4O/c1-2-3-14-35-25-18-27(31)26(28(32)19-25)13-11-21-6-4-20(5-7-21)8-9-22-10-12-23-16-29(33)30(34)17-24(23)15-22/h4-7,10,12,15-19H,2-3,14H2,1H3. The lowest BCUT2D eigenvalue weighted by molar-refractivity contribution is 0.306. The first-order valence-corrected chi connectivity index (χ1v) is 11.1. The topological polar surface area (TPSA) is 9.23 Å². The monoisotopic (exact) mass is 472 g/mol. The van der Waals surface area contributed by atoms with Gasteiger partial charge in [0.1, 0.15) is 17.4 Å². The van der Waals surface area contributed by atoms with E-state index in [0.29, 0.717) is 34.1 Å². The number of unbranched alkanes of at least 4 members (excludes halogenated alkanes) is 1. The molecule has 0 saturated carbocycles. The molecular formula is C30H20F4O. The summed E-state index contributed by atoms with van der Waals surface area (Å²) in [6.45, 7) is 2.40. The maximum Gasteiger partial charge on any atom is 0.159 e. The Kier molecular flexibility index (Phi) is 7.38. The van der Waals surface area contributed by atoms with Gasteiger partial charge >= 0.3 is 0 Å². The number of benzene rings is 4. The zero-order chi connectivity index (χ0) is 24.8. The molecule has 0 aliphatic heterocycles. The lowest BCUT2D eigenvalue weighted by atomic mass is 10.1. The molecule has 1 nitrogen and oxygen atoms in total. The fraction of sp³-hybridized carbons (Fsp3) is 0.133. The molecule has 4 aromatic rings. The molecule has 0 aromatic heterocycles. The molecule has 0 spiro atoms. The number of rotatable bonds is 4. The molecule has 0 heterocycles. The Morgan fingerprint density at radius 2 is 1.14 bits per heavy atom. The summed E-state index contributed by atoms with van der Waals surface area (Å²) in [4.78, 5) is 0. The van der Waals surface area contributed by atoms with Crippen LogP contribution in [0.1, 0.15) is 42.0 Å². The quantitative estimate of drug-likeness (QED) is 0.171. The Balaban J connectivity index is 1.48. The van der Waals surface area contributed by atoms with E-state index in [1.54, 1.807) is 42.5 Å². The SMILES string of the molecule is CCCCOc1cc(F)c(C#Cc2ccc(C#Cc3ccc4cc(F)c(F)cc4c3)cc2)c(F)c1. The zero-order valence-electron chi connectivity index (χ0n) is 18.9. The third-order valence-corrected chi connectivity index (χ3v) is 5.23. The van der Waals surface area contributed by atoms with Crippen molar-refractivity contribution in [2.75, 3.05) is 6.61 Å². The van der Waals surface area contributed by atoms with Gasteiger partial charge in [-0.05, 0) is 65.7 Å². The average Bonchev–Trinajstić information content (AvgIpc) is 2.84. The van der Waals surface area contributed by atoms with Crippen LogP contribution in [0.3, 0.4) is 0 Å². The molecule has 5 heteroatoms. The molecule has 0 N–H and O–H groups in total. The van der Waals surface area contributed by atoms with Crippen molar-refractivity contribution in [2.45, 2.75) is 19.8 Å². The number of hydrogen-bond acceptors (Lipinski definition) is 1. The predicted molar refractivity (Wildman–Crippen MR) is 129 cm³/mol. The fourth-order valence-corrected chi connectivity index (χ4v) is 3.32. The maximum atomic E-state index is 14.3. The van der Waals surface area contributed by atoms with E-state index in [9.17, 15) is 17.6 Å². The third kappa shape index (κ3) is 6.02. The Hall–Kier alpha value is -4.22. The second-order valence-corrected chi connectivity index (χ2v) is 7.87. The molecule has 0 aliphatic carbocycles. The van der Waals surface area contributed by atoms with Crippen molar-refractivity contribution in [1.29, 1.82) is 0 Å². The summed E-state index contributed by atoms with van der Waals surface area (Å²) < 4.78 is 60.8. The molecule has 174 valence electrons. The zero-order valence-corrected chi connectivity index (χ0v) is 18.9. The van der Waals surface area contributed by atoms with E-state index in [-0.39, 0.29) is 11.3 Å². The lowest BCUT2D eigenvalue weighted by Gasteiger charge is -2.06. The van der Waals surface area contributed by atoms with E-state index in [1.165, 1.54) is 0 Å². The highest BCUT2D eigenvalue weighted by molar-refractivity contribution is 5.84. The highest BCUT2D eigenvalue weighted by Crippen LogP contribution is 2.21. The molecule has 4 aromatic carbocycles. The van der Waals surface area contributed by atoms with Gasteiger partial charge in [-0.15, -0.1) is 0 Å². The molecule has 0 bridgehead atoms. The molecule has 0 fully saturated rings. The molecule has 35 heavy (non-hydrogen) atoms. The van der Waals surface area contributed by atoms with Gasteiger partial charge in [0.05, 0.1) is 12.2 Å². The first-order valence-electron chi connectivity index (χ1n) is 11.1. The van der Waals surface area contributed by atoms with Crippen LogP contribution in [0.4, 0.5) is 17.6 Å². The first-order chi connectivity index (χ1) is 16.9. The molecule has 0 atom stereocenters. The van der Waals surface area contributed by atoms with E-state index < -0.39 is 23.3 Å².